The Morgan fingerprint density at radius 3 is 2.43 bits per heavy atom. The number of benzene rings is 2. The third kappa shape index (κ3) is 3.69. The fourth-order valence-corrected chi connectivity index (χ4v) is 2.72. The zero-order valence-electron chi connectivity index (χ0n) is 13.0. The molecule has 0 fully saturated rings. The number of nitrogens with one attached hydrogen (secondary N) is 2. The van der Waals surface area contributed by atoms with E-state index in [1.54, 1.807) is 6.92 Å². The first-order valence-electron chi connectivity index (χ1n) is 7.62. The largest absolute Gasteiger partial charge is 0.338 e. The van der Waals surface area contributed by atoms with Crippen molar-refractivity contribution in [3.63, 3.8) is 0 Å². The van der Waals surface area contributed by atoms with Crippen molar-refractivity contribution in [3.8, 4) is 0 Å². The van der Waals surface area contributed by atoms with E-state index >= 15 is 0 Å². The van der Waals surface area contributed by atoms with Crippen LogP contribution in [0.5, 0.6) is 0 Å². The summed E-state index contributed by atoms with van der Waals surface area (Å²) in [5.74, 6) is 0.0795. The molecule has 0 unspecified atom stereocenters. The van der Waals surface area contributed by atoms with E-state index in [9.17, 15) is 9.59 Å². The number of amides is 3. The number of carbonyl (C=O) groups excluding carboxylic acids is 2. The molecular formula is C18H19N3O2. The highest BCUT2D eigenvalue weighted by molar-refractivity contribution is 5.99. The molecule has 2 aromatic carbocycles. The van der Waals surface area contributed by atoms with E-state index in [2.05, 4.69) is 10.6 Å². The highest BCUT2D eigenvalue weighted by Crippen LogP contribution is 2.23. The molecule has 3 rings (SSSR count). The molecule has 1 aliphatic rings. The molecule has 5 nitrogen and oxygen atoms in total. The van der Waals surface area contributed by atoms with Gasteiger partial charge in [-0.2, -0.15) is 0 Å². The Hall–Kier alpha value is -2.82. The summed E-state index contributed by atoms with van der Waals surface area (Å²) in [5.41, 5.74) is 3.79. The van der Waals surface area contributed by atoms with Gasteiger partial charge < -0.3 is 15.5 Å². The number of para-hydroxylation sites is 1. The van der Waals surface area contributed by atoms with E-state index in [0.29, 0.717) is 6.54 Å². The molecule has 2 aromatic rings. The normalized spacial score (nSPS) is 13.2. The second-order valence-corrected chi connectivity index (χ2v) is 5.62. The lowest BCUT2D eigenvalue weighted by atomic mass is 9.99. The van der Waals surface area contributed by atoms with E-state index in [-0.39, 0.29) is 11.9 Å². The quantitative estimate of drug-likeness (QED) is 0.894. The molecule has 2 N–H and O–H groups in total. The molecule has 0 saturated heterocycles. The Bertz CT molecular complexity index is 728. The van der Waals surface area contributed by atoms with Gasteiger partial charge in [-0.05, 0) is 41.8 Å². The molecule has 0 atom stereocenters. The predicted molar refractivity (Wildman–Crippen MR) is 90.3 cm³/mol. The van der Waals surface area contributed by atoms with Crippen LogP contribution in [0.15, 0.2) is 48.5 Å². The SMILES string of the molecule is CC(=O)N1CCc2ccc(NC(=O)Nc3ccccc3)cc2C1. The number of fused-ring (bicyclic) bond motifs is 1. The zero-order chi connectivity index (χ0) is 16.2. The van der Waals surface area contributed by atoms with E-state index in [1.165, 1.54) is 5.56 Å². The van der Waals surface area contributed by atoms with Gasteiger partial charge in [0, 0.05) is 31.4 Å². The number of nitrogens with zero attached hydrogens (tertiary/aromatic N) is 1. The van der Waals surface area contributed by atoms with Crippen LogP contribution in [0.3, 0.4) is 0 Å². The average molecular weight is 309 g/mol. The number of anilines is 2. The number of urea groups is 1. The molecule has 0 spiro atoms. The van der Waals surface area contributed by atoms with E-state index in [1.807, 2.05) is 53.4 Å². The number of hydrogen-bond acceptors (Lipinski definition) is 2. The van der Waals surface area contributed by atoms with E-state index in [0.717, 1.165) is 29.9 Å². The van der Waals surface area contributed by atoms with Crippen molar-refractivity contribution in [2.24, 2.45) is 0 Å². The number of hydrogen-bond donors (Lipinski definition) is 2. The van der Waals surface area contributed by atoms with Gasteiger partial charge in [-0.15, -0.1) is 0 Å². The van der Waals surface area contributed by atoms with Crippen molar-refractivity contribution in [1.82, 2.24) is 4.90 Å². The first-order valence-corrected chi connectivity index (χ1v) is 7.62. The van der Waals surface area contributed by atoms with Crippen molar-refractivity contribution in [1.29, 1.82) is 0 Å². The van der Waals surface area contributed by atoms with Crippen LogP contribution in [0, 0.1) is 0 Å². The maximum atomic E-state index is 12.0. The van der Waals surface area contributed by atoms with Gasteiger partial charge in [-0.1, -0.05) is 24.3 Å². The Morgan fingerprint density at radius 2 is 1.70 bits per heavy atom. The van der Waals surface area contributed by atoms with Crippen molar-refractivity contribution in [3.05, 3.63) is 59.7 Å². The summed E-state index contributed by atoms with van der Waals surface area (Å²) in [5, 5.41) is 5.61. The van der Waals surface area contributed by atoms with Gasteiger partial charge in [0.05, 0.1) is 0 Å². The van der Waals surface area contributed by atoms with Gasteiger partial charge >= 0.3 is 6.03 Å². The minimum atomic E-state index is -0.282. The molecule has 0 saturated carbocycles. The molecule has 1 aliphatic heterocycles. The van der Waals surface area contributed by atoms with E-state index < -0.39 is 0 Å². The molecule has 118 valence electrons. The van der Waals surface area contributed by atoms with Crippen LogP contribution < -0.4 is 10.6 Å². The van der Waals surface area contributed by atoms with Crippen LogP contribution in [0.2, 0.25) is 0 Å². The summed E-state index contributed by atoms with van der Waals surface area (Å²) in [7, 11) is 0. The number of rotatable bonds is 2. The molecule has 0 aliphatic carbocycles. The van der Waals surface area contributed by atoms with Gasteiger partial charge in [-0.25, -0.2) is 4.79 Å². The lowest BCUT2D eigenvalue weighted by molar-refractivity contribution is -0.129. The molecular weight excluding hydrogens is 290 g/mol. The first-order chi connectivity index (χ1) is 11.1. The monoisotopic (exact) mass is 309 g/mol. The van der Waals surface area contributed by atoms with Gasteiger partial charge in [0.2, 0.25) is 5.91 Å². The second kappa shape index (κ2) is 6.52. The summed E-state index contributed by atoms with van der Waals surface area (Å²) in [6.45, 7) is 2.94. The summed E-state index contributed by atoms with van der Waals surface area (Å²) in [6.07, 6.45) is 0.853. The maximum absolute atomic E-state index is 12.0. The summed E-state index contributed by atoms with van der Waals surface area (Å²) in [4.78, 5) is 25.4. The van der Waals surface area contributed by atoms with Crippen LogP contribution in [-0.2, 0) is 17.8 Å². The Balaban J connectivity index is 1.68. The zero-order valence-corrected chi connectivity index (χ0v) is 13.0. The third-order valence-electron chi connectivity index (χ3n) is 3.95. The minimum Gasteiger partial charge on any atom is -0.338 e. The van der Waals surface area contributed by atoms with Crippen LogP contribution in [0.25, 0.3) is 0 Å². The van der Waals surface area contributed by atoms with Crippen LogP contribution in [0.4, 0.5) is 16.2 Å². The molecule has 0 bridgehead atoms. The maximum Gasteiger partial charge on any atom is 0.323 e. The highest BCUT2D eigenvalue weighted by Gasteiger charge is 2.18. The molecule has 0 radical (unpaired) electrons. The predicted octanol–water partition coefficient (Wildman–Crippen LogP) is 3.24. The second-order valence-electron chi connectivity index (χ2n) is 5.62. The summed E-state index contributed by atoms with van der Waals surface area (Å²) < 4.78 is 0. The highest BCUT2D eigenvalue weighted by atomic mass is 16.2. The molecule has 0 aromatic heterocycles. The Morgan fingerprint density at radius 1 is 0.957 bits per heavy atom. The topological polar surface area (TPSA) is 61.4 Å². The third-order valence-corrected chi connectivity index (χ3v) is 3.95. The van der Waals surface area contributed by atoms with Gasteiger partial charge in [-0.3, -0.25) is 4.79 Å². The van der Waals surface area contributed by atoms with Crippen LogP contribution >= 0.6 is 0 Å². The Labute approximate surface area is 135 Å². The fourth-order valence-electron chi connectivity index (χ4n) is 2.72. The Kier molecular flexibility index (Phi) is 4.28. The first kappa shape index (κ1) is 15.1. The number of carbonyl (C=O) groups is 2. The van der Waals surface area contributed by atoms with Crippen LogP contribution in [-0.4, -0.2) is 23.4 Å². The van der Waals surface area contributed by atoms with Crippen molar-refractivity contribution >= 4 is 23.3 Å². The van der Waals surface area contributed by atoms with Crippen molar-refractivity contribution in [2.45, 2.75) is 19.9 Å². The smallest absolute Gasteiger partial charge is 0.323 e. The summed E-state index contributed by atoms with van der Waals surface area (Å²) >= 11 is 0. The summed E-state index contributed by atoms with van der Waals surface area (Å²) in [6, 6.07) is 14.9. The van der Waals surface area contributed by atoms with Crippen molar-refractivity contribution < 1.29 is 9.59 Å². The lowest BCUT2D eigenvalue weighted by Crippen LogP contribution is -2.34. The average Bonchev–Trinajstić information content (AvgIpc) is 2.55. The van der Waals surface area contributed by atoms with Crippen molar-refractivity contribution in [2.75, 3.05) is 17.2 Å². The molecule has 23 heavy (non-hydrogen) atoms. The molecule has 3 amide bonds. The standard InChI is InChI=1S/C18H19N3O2/c1-13(22)21-10-9-14-7-8-17(11-15(14)12-21)20-18(23)19-16-5-3-2-4-6-16/h2-8,11H,9-10,12H2,1H3,(H2,19,20,23). The fraction of sp³-hybridized carbons (Fsp3) is 0.222. The van der Waals surface area contributed by atoms with Gasteiger partial charge in [0.1, 0.15) is 0 Å². The van der Waals surface area contributed by atoms with Gasteiger partial charge in [0.15, 0.2) is 0 Å². The molecule has 5 heteroatoms. The van der Waals surface area contributed by atoms with E-state index in [4.69, 9.17) is 0 Å². The lowest BCUT2D eigenvalue weighted by Gasteiger charge is -2.28. The minimum absolute atomic E-state index is 0.0795. The molecule has 1 heterocycles. The van der Waals surface area contributed by atoms with Crippen LogP contribution in [0.1, 0.15) is 18.1 Å². The van der Waals surface area contributed by atoms with Gasteiger partial charge in [0.25, 0.3) is 0 Å².